The van der Waals surface area contributed by atoms with Gasteiger partial charge in [-0.15, -0.1) is 0 Å². The number of nitrogens with one attached hydrogen (secondary N) is 1. The minimum absolute atomic E-state index is 0.261. The van der Waals surface area contributed by atoms with E-state index in [4.69, 9.17) is 4.42 Å². The van der Waals surface area contributed by atoms with E-state index in [1.165, 1.54) is 10.1 Å². The van der Waals surface area contributed by atoms with Crippen LogP contribution in [0.2, 0.25) is 0 Å². The van der Waals surface area contributed by atoms with Crippen molar-refractivity contribution in [2.45, 2.75) is 26.3 Å². The van der Waals surface area contributed by atoms with Gasteiger partial charge in [-0.25, -0.2) is 4.79 Å². The molecule has 0 spiro atoms. The predicted octanol–water partition coefficient (Wildman–Crippen LogP) is 3.36. The fourth-order valence-electron chi connectivity index (χ4n) is 2.54. The Morgan fingerprint density at radius 3 is 2.57 bits per heavy atom. The number of hydrogen-bond donors (Lipinski definition) is 1. The lowest BCUT2D eigenvalue weighted by Crippen LogP contribution is -2.29. The molecule has 118 valence electrons. The molecule has 1 N–H and O–H groups in total. The van der Waals surface area contributed by atoms with Gasteiger partial charge in [-0.3, -0.25) is 9.36 Å². The third-order valence-corrected chi connectivity index (χ3v) is 3.92. The summed E-state index contributed by atoms with van der Waals surface area (Å²) in [4.78, 5) is 24.5. The Balaban J connectivity index is 1.86. The monoisotopic (exact) mass is 310 g/mol. The van der Waals surface area contributed by atoms with Gasteiger partial charge in [-0.1, -0.05) is 31.2 Å². The number of carbonyl (C=O) groups is 1. The molecule has 0 aliphatic heterocycles. The molecule has 0 radical (unpaired) electrons. The summed E-state index contributed by atoms with van der Waals surface area (Å²) >= 11 is 0. The van der Waals surface area contributed by atoms with Crippen molar-refractivity contribution < 1.29 is 9.21 Å². The zero-order valence-electron chi connectivity index (χ0n) is 13.1. The number of hydrogen-bond acceptors (Lipinski definition) is 3. The first-order valence-electron chi connectivity index (χ1n) is 7.60. The van der Waals surface area contributed by atoms with Gasteiger partial charge in [0.25, 0.3) is 0 Å². The van der Waals surface area contributed by atoms with Crippen LogP contribution in [0, 0.1) is 0 Å². The molecule has 5 nitrogen and oxygen atoms in total. The van der Waals surface area contributed by atoms with Crippen LogP contribution in [0.4, 0.5) is 5.69 Å². The largest absolute Gasteiger partial charge is 0.420 e. The van der Waals surface area contributed by atoms with Crippen LogP contribution >= 0.6 is 0 Å². The number of anilines is 1. The Bertz CT molecular complexity index is 891. The minimum Gasteiger partial charge on any atom is -0.408 e. The standard InChI is InChI=1S/C18H18N2O3/c1-3-13-8-10-14(11-9-13)19-17(21)12(2)20-15-6-4-5-7-16(15)23-18(20)22/h4-12H,3H2,1-2H3,(H,19,21). The minimum atomic E-state index is -0.669. The lowest BCUT2D eigenvalue weighted by molar-refractivity contribution is -0.118. The van der Waals surface area contributed by atoms with Gasteiger partial charge in [0.15, 0.2) is 5.58 Å². The van der Waals surface area contributed by atoms with Gasteiger partial charge in [0.05, 0.1) is 5.52 Å². The van der Waals surface area contributed by atoms with Crippen LogP contribution in [0.1, 0.15) is 25.5 Å². The van der Waals surface area contributed by atoms with Crippen LogP contribution in [0.3, 0.4) is 0 Å². The number of benzene rings is 2. The molecular weight excluding hydrogens is 292 g/mol. The molecule has 0 bridgehead atoms. The van der Waals surface area contributed by atoms with Crippen molar-refractivity contribution in [2.75, 3.05) is 5.32 Å². The molecule has 1 heterocycles. The highest BCUT2D eigenvalue weighted by molar-refractivity contribution is 5.94. The van der Waals surface area contributed by atoms with Crippen molar-refractivity contribution in [2.24, 2.45) is 0 Å². The number of para-hydroxylation sites is 2. The molecule has 0 saturated heterocycles. The molecule has 1 unspecified atom stereocenters. The maximum Gasteiger partial charge on any atom is 0.420 e. The van der Waals surface area contributed by atoms with Crippen LogP contribution in [0.5, 0.6) is 0 Å². The van der Waals surface area contributed by atoms with E-state index in [2.05, 4.69) is 12.2 Å². The van der Waals surface area contributed by atoms with Crippen molar-refractivity contribution >= 4 is 22.7 Å². The lowest BCUT2D eigenvalue weighted by atomic mass is 10.1. The molecule has 23 heavy (non-hydrogen) atoms. The quantitative estimate of drug-likeness (QED) is 0.803. The molecule has 3 aromatic rings. The predicted molar refractivity (Wildman–Crippen MR) is 89.6 cm³/mol. The number of amides is 1. The Morgan fingerprint density at radius 2 is 1.87 bits per heavy atom. The number of rotatable bonds is 4. The molecule has 1 amide bonds. The Labute approximate surface area is 133 Å². The molecule has 2 aromatic carbocycles. The molecule has 1 atom stereocenters. The second-order valence-corrected chi connectivity index (χ2v) is 5.42. The molecule has 3 rings (SSSR count). The number of carbonyl (C=O) groups excluding carboxylic acids is 1. The van der Waals surface area contributed by atoms with Crippen molar-refractivity contribution in [3.63, 3.8) is 0 Å². The van der Waals surface area contributed by atoms with Crippen molar-refractivity contribution in [3.8, 4) is 0 Å². The van der Waals surface area contributed by atoms with Crippen LogP contribution in [-0.2, 0) is 11.2 Å². The molecule has 0 saturated carbocycles. The number of aryl methyl sites for hydroxylation is 1. The maximum atomic E-state index is 12.4. The summed E-state index contributed by atoms with van der Waals surface area (Å²) < 4.78 is 6.54. The van der Waals surface area contributed by atoms with E-state index in [-0.39, 0.29) is 5.91 Å². The average Bonchev–Trinajstić information content (AvgIpc) is 2.90. The zero-order valence-corrected chi connectivity index (χ0v) is 13.1. The fraction of sp³-hybridized carbons (Fsp3) is 0.222. The molecule has 5 heteroatoms. The summed E-state index contributed by atoms with van der Waals surface area (Å²) in [7, 11) is 0. The maximum absolute atomic E-state index is 12.4. The van der Waals surface area contributed by atoms with Crippen LogP contribution in [0.15, 0.2) is 57.7 Å². The summed E-state index contributed by atoms with van der Waals surface area (Å²) in [6, 6.07) is 14.1. The van der Waals surface area contributed by atoms with Gasteiger partial charge in [0.2, 0.25) is 5.91 Å². The number of fused-ring (bicyclic) bond motifs is 1. The summed E-state index contributed by atoms with van der Waals surface area (Å²) in [6.45, 7) is 3.76. The highest BCUT2D eigenvalue weighted by Crippen LogP contribution is 2.18. The third kappa shape index (κ3) is 2.90. The van der Waals surface area contributed by atoms with Crippen LogP contribution in [0.25, 0.3) is 11.1 Å². The van der Waals surface area contributed by atoms with Gasteiger partial charge >= 0.3 is 5.76 Å². The van der Waals surface area contributed by atoms with Crippen molar-refractivity contribution in [1.82, 2.24) is 4.57 Å². The Hall–Kier alpha value is -2.82. The Kier molecular flexibility index (Phi) is 4.02. The summed E-state index contributed by atoms with van der Waals surface area (Å²) in [6.07, 6.45) is 0.945. The van der Waals surface area contributed by atoms with E-state index in [0.717, 1.165) is 6.42 Å². The fourth-order valence-corrected chi connectivity index (χ4v) is 2.54. The van der Waals surface area contributed by atoms with E-state index in [9.17, 15) is 9.59 Å². The topological polar surface area (TPSA) is 64.2 Å². The highest BCUT2D eigenvalue weighted by atomic mass is 16.4. The van der Waals surface area contributed by atoms with E-state index >= 15 is 0 Å². The number of aromatic nitrogens is 1. The second-order valence-electron chi connectivity index (χ2n) is 5.42. The number of oxazole rings is 1. The second kappa shape index (κ2) is 6.12. The highest BCUT2D eigenvalue weighted by Gasteiger charge is 2.21. The van der Waals surface area contributed by atoms with Crippen LogP contribution < -0.4 is 11.1 Å². The zero-order chi connectivity index (χ0) is 16.4. The number of nitrogens with zero attached hydrogens (tertiary/aromatic N) is 1. The average molecular weight is 310 g/mol. The van der Waals surface area contributed by atoms with Gasteiger partial charge < -0.3 is 9.73 Å². The van der Waals surface area contributed by atoms with E-state index in [0.29, 0.717) is 16.8 Å². The van der Waals surface area contributed by atoms with Crippen molar-refractivity contribution in [3.05, 3.63) is 64.6 Å². The first-order valence-corrected chi connectivity index (χ1v) is 7.60. The van der Waals surface area contributed by atoms with Gasteiger partial charge in [0, 0.05) is 5.69 Å². The first kappa shape index (κ1) is 15.1. The van der Waals surface area contributed by atoms with Crippen LogP contribution in [-0.4, -0.2) is 10.5 Å². The first-order chi connectivity index (χ1) is 11.1. The van der Waals surface area contributed by atoms with E-state index in [1.54, 1.807) is 25.1 Å². The SMILES string of the molecule is CCc1ccc(NC(=O)C(C)n2c(=O)oc3ccccc32)cc1. The smallest absolute Gasteiger partial charge is 0.408 e. The van der Waals surface area contributed by atoms with Gasteiger partial charge in [-0.05, 0) is 43.2 Å². The van der Waals surface area contributed by atoms with E-state index < -0.39 is 11.8 Å². The van der Waals surface area contributed by atoms with E-state index in [1.807, 2.05) is 30.3 Å². The van der Waals surface area contributed by atoms with Crippen molar-refractivity contribution in [1.29, 1.82) is 0 Å². The summed E-state index contributed by atoms with van der Waals surface area (Å²) in [5.74, 6) is -0.793. The molecule has 0 aliphatic carbocycles. The molecular formula is C18H18N2O3. The summed E-state index contributed by atoms with van der Waals surface area (Å²) in [5, 5.41) is 2.83. The van der Waals surface area contributed by atoms with Gasteiger partial charge in [-0.2, -0.15) is 0 Å². The third-order valence-electron chi connectivity index (χ3n) is 3.92. The lowest BCUT2D eigenvalue weighted by Gasteiger charge is -2.13. The molecule has 1 aromatic heterocycles. The molecule has 0 aliphatic rings. The Morgan fingerprint density at radius 1 is 1.17 bits per heavy atom. The van der Waals surface area contributed by atoms with Gasteiger partial charge in [0.1, 0.15) is 6.04 Å². The normalized spacial score (nSPS) is 12.3. The molecule has 0 fully saturated rings. The summed E-state index contributed by atoms with van der Waals surface area (Å²) in [5.41, 5.74) is 3.00.